The van der Waals surface area contributed by atoms with Gasteiger partial charge in [-0.15, -0.1) is 18.8 Å². The van der Waals surface area contributed by atoms with Crippen LogP contribution < -0.4 is 10.1 Å². The quantitative estimate of drug-likeness (QED) is 0.651. The number of ether oxygens (including phenoxy) is 1. The molecule has 0 heterocycles. The molecule has 0 saturated heterocycles. The second-order valence-corrected chi connectivity index (χ2v) is 3.20. The van der Waals surface area contributed by atoms with Crippen molar-refractivity contribution in [2.75, 3.05) is 13.7 Å². The van der Waals surface area contributed by atoms with Gasteiger partial charge in [0, 0.05) is 17.1 Å². The molecule has 1 aromatic carbocycles. The second-order valence-electron chi connectivity index (χ2n) is 2.76. The summed E-state index contributed by atoms with van der Waals surface area (Å²) in [6.07, 6.45) is 5.12. The third-order valence-corrected chi connectivity index (χ3v) is 2.02. The van der Waals surface area contributed by atoms with Crippen LogP contribution in [0.25, 0.3) is 0 Å². The van der Waals surface area contributed by atoms with E-state index in [1.807, 2.05) is 12.1 Å². The number of halogens is 2. The number of terminal acetylenes is 1. The van der Waals surface area contributed by atoms with Crippen molar-refractivity contribution in [2.45, 2.75) is 6.54 Å². The van der Waals surface area contributed by atoms with Crippen LogP contribution in [0.4, 0.5) is 0 Å². The van der Waals surface area contributed by atoms with Crippen molar-refractivity contribution in [2.24, 2.45) is 0 Å². The molecule has 1 N–H and O–H groups in total. The molecular weight excluding hydrogens is 233 g/mol. The van der Waals surface area contributed by atoms with E-state index in [0.29, 0.717) is 18.1 Å². The maximum absolute atomic E-state index is 5.86. The SMILES string of the molecule is C#CCNCc1cc(Cl)ccc1OC.Cl. The maximum atomic E-state index is 5.86. The van der Waals surface area contributed by atoms with E-state index in [4.69, 9.17) is 22.8 Å². The number of hydrogen-bond donors (Lipinski definition) is 1. The molecule has 0 unspecified atom stereocenters. The topological polar surface area (TPSA) is 21.3 Å². The molecule has 0 saturated carbocycles. The molecule has 4 heteroatoms. The van der Waals surface area contributed by atoms with Crippen molar-refractivity contribution < 1.29 is 4.74 Å². The summed E-state index contributed by atoms with van der Waals surface area (Å²) >= 11 is 5.86. The lowest BCUT2D eigenvalue weighted by atomic mass is 10.2. The summed E-state index contributed by atoms with van der Waals surface area (Å²) in [5.41, 5.74) is 1.01. The molecule has 2 nitrogen and oxygen atoms in total. The van der Waals surface area contributed by atoms with Gasteiger partial charge in [0.15, 0.2) is 0 Å². The predicted molar refractivity (Wildman–Crippen MR) is 65.8 cm³/mol. The summed E-state index contributed by atoms with van der Waals surface area (Å²) < 4.78 is 5.18. The van der Waals surface area contributed by atoms with Crippen molar-refractivity contribution in [3.8, 4) is 18.1 Å². The van der Waals surface area contributed by atoms with E-state index in [9.17, 15) is 0 Å². The zero-order valence-corrected chi connectivity index (χ0v) is 9.99. The van der Waals surface area contributed by atoms with Gasteiger partial charge in [-0.05, 0) is 18.2 Å². The van der Waals surface area contributed by atoms with Gasteiger partial charge in [0.25, 0.3) is 0 Å². The molecule has 15 heavy (non-hydrogen) atoms. The van der Waals surface area contributed by atoms with Gasteiger partial charge in [-0.3, -0.25) is 0 Å². The van der Waals surface area contributed by atoms with Gasteiger partial charge in [0.05, 0.1) is 13.7 Å². The Labute approximate surface area is 101 Å². The van der Waals surface area contributed by atoms with E-state index in [-0.39, 0.29) is 12.4 Å². The average molecular weight is 246 g/mol. The molecule has 0 aliphatic rings. The van der Waals surface area contributed by atoms with Crippen LogP contribution in [0.2, 0.25) is 5.02 Å². The number of nitrogens with one attached hydrogen (secondary N) is 1. The lowest BCUT2D eigenvalue weighted by Crippen LogP contribution is -2.13. The van der Waals surface area contributed by atoms with Crippen molar-refractivity contribution in [3.05, 3.63) is 28.8 Å². The molecule has 0 fully saturated rings. The zero-order valence-electron chi connectivity index (χ0n) is 8.42. The fraction of sp³-hybridized carbons (Fsp3) is 0.273. The largest absolute Gasteiger partial charge is 0.496 e. The Morgan fingerprint density at radius 3 is 2.87 bits per heavy atom. The molecule has 0 bridgehead atoms. The molecule has 0 aliphatic carbocycles. The summed E-state index contributed by atoms with van der Waals surface area (Å²) in [7, 11) is 1.63. The lowest BCUT2D eigenvalue weighted by Gasteiger charge is -2.08. The maximum Gasteiger partial charge on any atom is 0.123 e. The van der Waals surface area contributed by atoms with Gasteiger partial charge >= 0.3 is 0 Å². The lowest BCUT2D eigenvalue weighted by molar-refractivity contribution is 0.408. The summed E-state index contributed by atoms with van der Waals surface area (Å²) in [5.74, 6) is 3.32. The third kappa shape index (κ3) is 4.44. The average Bonchev–Trinajstić information content (AvgIpc) is 2.19. The van der Waals surface area contributed by atoms with Crippen LogP contribution >= 0.6 is 24.0 Å². The van der Waals surface area contributed by atoms with E-state index < -0.39 is 0 Å². The Morgan fingerprint density at radius 2 is 2.27 bits per heavy atom. The van der Waals surface area contributed by atoms with Crippen LogP contribution in [-0.4, -0.2) is 13.7 Å². The van der Waals surface area contributed by atoms with Crippen molar-refractivity contribution >= 4 is 24.0 Å². The number of methoxy groups -OCH3 is 1. The summed E-state index contributed by atoms with van der Waals surface area (Å²) in [6.45, 7) is 1.20. The van der Waals surface area contributed by atoms with Crippen LogP contribution in [0.3, 0.4) is 0 Å². The first-order chi connectivity index (χ1) is 6.77. The molecule has 1 aromatic rings. The zero-order chi connectivity index (χ0) is 10.4. The van der Waals surface area contributed by atoms with E-state index in [1.54, 1.807) is 13.2 Å². The molecular formula is C11H13Cl2NO. The minimum absolute atomic E-state index is 0. The van der Waals surface area contributed by atoms with Gasteiger partial charge in [-0.2, -0.15) is 0 Å². The van der Waals surface area contributed by atoms with E-state index in [0.717, 1.165) is 11.3 Å². The van der Waals surface area contributed by atoms with E-state index in [1.165, 1.54) is 0 Å². The summed E-state index contributed by atoms with van der Waals surface area (Å²) in [5, 5.41) is 3.78. The Bertz CT molecular complexity index is 347. The Hall–Kier alpha value is -0.880. The highest BCUT2D eigenvalue weighted by molar-refractivity contribution is 6.30. The predicted octanol–water partition coefficient (Wildman–Crippen LogP) is 2.49. The minimum atomic E-state index is 0. The van der Waals surface area contributed by atoms with Crippen LogP contribution in [0.1, 0.15) is 5.56 Å². The summed E-state index contributed by atoms with van der Waals surface area (Å²) in [4.78, 5) is 0. The summed E-state index contributed by atoms with van der Waals surface area (Å²) in [6, 6.07) is 5.50. The van der Waals surface area contributed by atoms with E-state index in [2.05, 4.69) is 11.2 Å². The first kappa shape index (κ1) is 14.1. The van der Waals surface area contributed by atoms with Gasteiger partial charge in [-0.25, -0.2) is 0 Å². The molecule has 0 aromatic heterocycles. The highest BCUT2D eigenvalue weighted by Gasteiger charge is 2.02. The number of benzene rings is 1. The van der Waals surface area contributed by atoms with Crippen molar-refractivity contribution in [3.63, 3.8) is 0 Å². The molecule has 1 rings (SSSR count). The number of rotatable bonds is 4. The normalized spacial score (nSPS) is 8.87. The van der Waals surface area contributed by atoms with Crippen LogP contribution in [0, 0.1) is 12.3 Å². The van der Waals surface area contributed by atoms with Crippen molar-refractivity contribution in [1.29, 1.82) is 0 Å². The first-order valence-electron chi connectivity index (χ1n) is 4.24. The highest BCUT2D eigenvalue weighted by Crippen LogP contribution is 2.22. The van der Waals surface area contributed by atoms with Gasteiger partial charge in [0.2, 0.25) is 0 Å². The molecule has 0 amide bonds. The smallest absolute Gasteiger partial charge is 0.123 e. The molecule has 82 valence electrons. The molecule has 0 atom stereocenters. The Balaban J connectivity index is 0.00000196. The molecule has 0 aliphatic heterocycles. The Morgan fingerprint density at radius 1 is 1.53 bits per heavy atom. The molecule has 0 spiro atoms. The fourth-order valence-electron chi connectivity index (χ4n) is 1.15. The van der Waals surface area contributed by atoms with Crippen LogP contribution in [0.15, 0.2) is 18.2 Å². The van der Waals surface area contributed by atoms with Crippen molar-refractivity contribution in [1.82, 2.24) is 5.32 Å². The monoisotopic (exact) mass is 245 g/mol. The number of hydrogen-bond acceptors (Lipinski definition) is 2. The molecule has 0 radical (unpaired) electrons. The first-order valence-corrected chi connectivity index (χ1v) is 4.62. The third-order valence-electron chi connectivity index (χ3n) is 1.78. The minimum Gasteiger partial charge on any atom is -0.496 e. The van der Waals surface area contributed by atoms with Gasteiger partial charge in [-0.1, -0.05) is 17.5 Å². The van der Waals surface area contributed by atoms with Crippen LogP contribution in [-0.2, 0) is 6.54 Å². The fourth-order valence-corrected chi connectivity index (χ4v) is 1.35. The second kappa shape index (κ2) is 7.42. The van der Waals surface area contributed by atoms with Gasteiger partial charge < -0.3 is 10.1 Å². The Kier molecular flexibility index (Phi) is 6.98. The standard InChI is InChI=1S/C11H12ClNO.ClH/c1-3-6-13-8-9-7-10(12)4-5-11(9)14-2;/h1,4-5,7,13H,6,8H2,2H3;1H. The van der Waals surface area contributed by atoms with E-state index >= 15 is 0 Å². The van der Waals surface area contributed by atoms with Gasteiger partial charge in [0.1, 0.15) is 5.75 Å². The van der Waals surface area contributed by atoms with Crippen LogP contribution in [0.5, 0.6) is 5.75 Å². The highest BCUT2D eigenvalue weighted by atomic mass is 35.5.